The third-order valence-electron chi connectivity index (χ3n) is 2.09. The molecule has 5 nitrogen and oxygen atoms in total. The minimum atomic E-state index is -0.333. The van der Waals surface area contributed by atoms with E-state index in [0.29, 0.717) is 5.56 Å². The number of methoxy groups -OCH3 is 1. The summed E-state index contributed by atoms with van der Waals surface area (Å²) in [5.74, 6) is -0.502. The number of allylic oxidation sites excluding steroid dienone is 3. The van der Waals surface area contributed by atoms with E-state index in [2.05, 4.69) is 0 Å². The first-order valence-electron chi connectivity index (χ1n) is 4.91. The van der Waals surface area contributed by atoms with Gasteiger partial charge in [-0.3, -0.25) is 0 Å². The highest BCUT2D eigenvalue weighted by molar-refractivity contribution is 5.62. The SMILES string of the molecule is COc1cc(C=CC=C(C#N)C#N)cc(O)c1O. The molecule has 0 heterocycles. The van der Waals surface area contributed by atoms with Gasteiger partial charge in [-0.05, 0) is 23.8 Å². The molecular formula is C13H10N2O3. The fraction of sp³-hybridized carbons (Fsp3) is 0.0769. The lowest BCUT2D eigenvalue weighted by atomic mass is 10.1. The smallest absolute Gasteiger partial charge is 0.200 e. The number of hydrogen-bond donors (Lipinski definition) is 2. The van der Waals surface area contributed by atoms with Crippen LogP contribution in [0.2, 0.25) is 0 Å². The summed E-state index contributed by atoms with van der Waals surface area (Å²) < 4.78 is 4.87. The lowest BCUT2D eigenvalue weighted by Crippen LogP contribution is -1.85. The van der Waals surface area contributed by atoms with Gasteiger partial charge in [-0.2, -0.15) is 10.5 Å². The highest BCUT2D eigenvalue weighted by atomic mass is 16.5. The van der Waals surface area contributed by atoms with Crippen molar-refractivity contribution < 1.29 is 14.9 Å². The molecule has 0 amide bonds. The van der Waals surface area contributed by atoms with E-state index in [9.17, 15) is 10.2 Å². The lowest BCUT2D eigenvalue weighted by Gasteiger charge is -2.06. The van der Waals surface area contributed by atoms with Crippen LogP contribution in [0.15, 0.2) is 29.9 Å². The molecule has 2 N–H and O–H groups in total. The first kappa shape index (κ1) is 13.1. The van der Waals surface area contributed by atoms with Crippen LogP contribution < -0.4 is 4.74 Å². The van der Waals surface area contributed by atoms with E-state index in [1.54, 1.807) is 18.2 Å². The van der Waals surface area contributed by atoms with Crippen LogP contribution in [0.5, 0.6) is 17.2 Å². The number of rotatable bonds is 3. The second-order valence-electron chi connectivity index (χ2n) is 3.25. The minimum Gasteiger partial charge on any atom is -0.504 e. The number of phenols is 2. The van der Waals surface area contributed by atoms with Crippen molar-refractivity contribution in [1.82, 2.24) is 0 Å². The monoisotopic (exact) mass is 242 g/mol. The number of ether oxygens (including phenoxy) is 1. The predicted molar refractivity (Wildman–Crippen MR) is 64.7 cm³/mol. The van der Waals surface area contributed by atoms with E-state index in [0.717, 1.165) is 0 Å². The molecule has 90 valence electrons. The van der Waals surface area contributed by atoms with Crippen LogP contribution in [0.3, 0.4) is 0 Å². The molecule has 0 bridgehead atoms. The number of nitriles is 2. The van der Waals surface area contributed by atoms with Crippen molar-refractivity contribution in [1.29, 1.82) is 10.5 Å². The zero-order valence-electron chi connectivity index (χ0n) is 9.58. The summed E-state index contributed by atoms with van der Waals surface area (Å²) in [4.78, 5) is 0. The van der Waals surface area contributed by atoms with Gasteiger partial charge in [0.2, 0.25) is 5.75 Å². The van der Waals surface area contributed by atoms with E-state index in [1.165, 1.54) is 31.4 Å². The van der Waals surface area contributed by atoms with E-state index < -0.39 is 0 Å². The minimum absolute atomic E-state index is 0.0267. The summed E-state index contributed by atoms with van der Waals surface area (Å²) in [7, 11) is 1.37. The second kappa shape index (κ2) is 5.97. The summed E-state index contributed by atoms with van der Waals surface area (Å²) in [6.45, 7) is 0. The van der Waals surface area contributed by atoms with E-state index >= 15 is 0 Å². The van der Waals surface area contributed by atoms with E-state index in [-0.39, 0.29) is 22.8 Å². The maximum atomic E-state index is 9.43. The van der Waals surface area contributed by atoms with Crippen molar-refractivity contribution in [3.63, 3.8) is 0 Å². The molecule has 0 unspecified atom stereocenters. The maximum absolute atomic E-state index is 9.43. The van der Waals surface area contributed by atoms with Crippen LogP contribution in [0, 0.1) is 22.7 Å². The van der Waals surface area contributed by atoms with Gasteiger partial charge >= 0.3 is 0 Å². The molecular weight excluding hydrogens is 232 g/mol. The van der Waals surface area contributed by atoms with Crippen LogP contribution in [-0.4, -0.2) is 17.3 Å². The Morgan fingerprint density at radius 3 is 2.50 bits per heavy atom. The third kappa shape index (κ3) is 3.03. The number of aromatic hydroxyl groups is 2. The molecule has 0 aromatic heterocycles. The Labute approximate surface area is 104 Å². The Bertz CT molecular complexity index is 573. The van der Waals surface area contributed by atoms with Crippen LogP contribution >= 0.6 is 0 Å². The van der Waals surface area contributed by atoms with Gasteiger partial charge in [-0.25, -0.2) is 0 Å². The number of hydrogen-bond acceptors (Lipinski definition) is 5. The molecule has 0 atom stereocenters. The van der Waals surface area contributed by atoms with Crippen LogP contribution in [-0.2, 0) is 0 Å². The predicted octanol–water partition coefficient (Wildman–Crippen LogP) is 2.09. The van der Waals surface area contributed by atoms with Crippen molar-refractivity contribution in [2.24, 2.45) is 0 Å². The van der Waals surface area contributed by atoms with Crippen LogP contribution in [0.25, 0.3) is 6.08 Å². The molecule has 0 saturated heterocycles. The summed E-state index contributed by atoms with van der Waals surface area (Å²) in [5, 5.41) is 35.9. The lowest BCUT2D eigenvalue weighted by molar-refractivity contribution is 0.351. The van der Waals surface area contributed by atoms with Crippen molar-refractivity contribution in [2.45, 2.75) is 0 Å². The Hall–Kier alpha value is -2.92. The van der Waals surface area contributed by atoms with Gasteiger partial charge in [0, 0.05) is 0 Å². The Kier molecular flexibility index (Phi) is 4.36. The van der Waals surface area contributed by atoms with E-state index in [4.69, 9.17) is 15.3 Å². The first-order valence-corrected chi connectivity index (χ1v) is 4.91. The zero-order valence-corrected chi connectivity index (χ0v) is 9.58. The summed E-state index contributed by atoms with van der Waals surface area (Å²) in [6.07, 6.45) is 4.40. The number of phenolic OH excluding ortho intramolecular Hbond substituents is 2. The van der Waals surface area contributed by atoms with Gasteiger partial charge in [-0.15, -0.1) is 0 Å². The van der Waals surface area contributed by atoms with E-state index in [1.807, 2.05) is 0 Å². The van der Waals surface area contributed by atoms with Gasteiger partial charge in [0.15, 0.2) is 11.5 Å². The molecule has 1 aromatic rings. The molecule has 0 aliphatic heterocycles. The summed E-state index contributed by atoms with van der Waals surface area (Å²) in [5.41, 5.74) is 0.537. The largest absolute Gasteiger partial charge is 0.504 e. The molecule has 5 heteroatoms. The molecule has 0 fully saturated rings. The molecule has 1 aromatic carbocycles. The van der Waals surface area contributed by atoms with Crippen LogP contribution in [0.4, 0.5) is 0 Å². The molecule has 0 saturated carbocycles. The average molecular weight is 242 g/mol. The summed E-state index contributed by atoms with van der Waals surface area (Å²) in [6, 6.07) is 6.28. The first-order chi connectivity index (χ1) is 8.62. The molecule has 18 heavy (non-hydrogen) atoms. The van der Waals surface area contributed by atoms with Crippen molar-refractivity contribution in [3.05, 3.63) is 35.4 Å². The Morgan fingerprint density at radius 1 is 1.28 bits per heavy atom. The average Bonchev–Trinajstić information content (AvgIpc) is 2.38. The standard InChI is InChI=1S/C13H10N2O3/c1-18-12-6-9(5-11(16)13(12)17)3-2-4-10(7-14)8-15/h2-6,16-17H,1H3. The highest BCUT2D eigenvalue weighted by Gasteiger charge is 2.07. The van der Waals surface area contributed by atoms with Gasteiger partial charge in [0.25, 0.3) is 0 Å². The highest BCUT2D eigenvalue weighted by Crippen LogP contribution is 2.36. The maximum Gasteiger partial charge on any atom is 0.200 e. The molecule has 0 aliphatic carbocycles. The normalized spacial score (nSPS) is 9.50. The van der Waals surface area contributed by atoms with Crippen molar-refractivity contribution in [3.8, 4) is 29.4 Å². The molecule has 0 radical (unpaired) electrons. The quantitative estimate of drug-likeness (QED) is 0.480. The fourth-order valence-electron chi connectivity index (χ4n) is 1.22. The second-order valence-corrected chi connectivity index (χ2v) is 3.25. The topological polar surface area (TPSA) is 97.3 Å². The zero-order chi connectivity index (χ0) is 13.5. The van der Waals surface area contributed by atoms with Gasteiger partial charge in [0.05, 0.1) is 7.11 Å². The fourth-order valence-corrected chi connectivity index (χ4v) is 1.22. The molecule has 0 aliphatic rings. The van der Waals surface area contributed by atoms with Crippen molar-refractivity contribution >= 4 is 6.08 Å². The third-order valence-corrected chi connectivity index (χ3v) is 2.09. The van der Waals surface area contributed by atoms with Crippen LogP contribution in [0.1, 0.15) is 5.56 Å². The Balaban J connectivity index is 3.04. The van der Waals surface area contributed by atoms with Gasteiger partial charge < -0.3 is 14.9 Å². The van der Waals surface area contributed by atoms with Gasteiger partial charge in [-0.1, -0.05) is 12.2 Å². The van der Waals surface area contributed by atoms with Crippen molar-refractivity contribution in [2.75, 3.05) is 7.11 Å². The number of nitrogens with zero attached hydrogens (tertiary/aromatic N) is 2. The summed E-state index contributed by atoms with van der Waals surface area (Å²) >= 11 is 0. The number of benzene rings is 1. The molecule has 1 rings (SSSR count). The Morgan fingerprint density at radius 2 is 1.94 bits per heavy atom. The van der Waals surface area contributed by atoms with Gasteiger partial charge in [0.1, 0.15) is 17.7 Å². The molecule has 0 spiro atoms.